The smallest absolute Gasteiger partial charge is 0.244 e. The van der Waals surface area contributed by atoms with Gasteiger partial charge in [0.1, 0.15) is 6.04 Å². The Morgan fingerprint density at radius 2 is 2.07 bits per heavy atom. The largest absolute Gasteiger partial charge is 0.394 e. The van der Waals surface area contributed by atoms with E-state index in [1.165, 1.54) is 0 Å². The predicted molar refractivity (Wildman–Crippen MR) is 117 cm³/mol. The Morgan fingerprint density at radius 3 is 2.62 bits per heavy atom. The minimum Gasteiger partial charge on any atom is -0.394 e. The monoisotopic (exact) mass is 489 g/mol. The van der Waals surface area contributed by atoms with Crippen LogP contribution < -0.4 is 10.6 Å². The van der Waals surface area contributed by atoms with Crippen molar-refractivity contribution in [1.29, 1.82) is 0 Å². The molecule has 0 saturated carbocycles. The van der Waals surface area contributed by atoms with Gasteiger partial charge in [0.25, 0.3) is 0 Å². The number of aliphatic hydroxyl groups is 1. The predicted octanol–water partition coefficient (Wildman–Crippen LogP) is 1.13. The summed E-state index contributed by atoms with van der Waals surface area (Å²) in [5.41, 5.74) is 0. The molecule has 3 fully saturated rings. The lowest BCUT2D eigenvalue weighted by Crippen LogP contribution is -2.58. The van der Waals surface area contributed by atoms with E-state index in [4.69, 9.17) is 0 Å². The molecule has 3 rings (SSSR count). The van der Waals surface area contributed by atoms with E-state index in [1.807, 2.05) is 13.8 Å². The van der Waals surface area contributed by atoms with Crippen LogP contribution in [0.25, 0.3) is 0 Å². The number of likely N-dealkylation sites (tertiary alicyclic amines) is 1. The molecule has 0 aromatic carbocycles. The van der Waals surface area contributed by atoms with Crippen molar-refractivity contribution in [3.8, 4) is 0 Å². The first-order valence-corrected chi connectivity index (χ1v) is 12.3. The molecule has 2 bridgehead atoms. The molecule has 3 aliphatic rings. The van der Waals surface area contributed by atoms with E-state index in [0.717, 1.165) is 12.8 Å². The minimum absolute atomic E-state index is 0.00876. The number of carbonyl (C=O) groups excluding carboxylic acids is 3. The number of carbonyl (C=O) groups is 3. The van der Waals surface area contributed by atoms with Gasteiger partial charge in [0.2, 0.25) is 17.7 Å². The van der Waals surface area contributed by atoms with Gasteiger partial charge in [0.05, 0.1) is 29.2 Å². The SMILES string of the molecule is CCCCNC(=O)C1N([C@@H](CO)C(C)C)C(=O)[C@@H]2[C@@H](C(=O)NC)[C@@H]3SC12CC3Br. The summed E-state index contributed by atoms with van der Waals surface area (Å²) in [6.07, 6.45) is 2.49. The normalized spacial score (nSPS) is 36.4. The van der Waals surface area contributed by atoms with Crippen LogP contribution in [0.4, 0.5) is 0 Å². The number of unbranched alkanes of at least 4 members (excludes halogenated alkanes) is 1. The molecule has 29 heavy (non-hydrogen) atoms. The number of halogens is 1. The Bertz CT molecular complexity index is 678. The third kappa shape index (κ3) is 3.51. The maximum Gasteiger partial charge on any atom is 0.244 e. The maximum absolute atomic E-state index is 13.7. The molecule has 3 heterocycles. The van der Waals surface area contributed by atoms with Crippen molar-refractivity contribution in [2.24, 2.45) is 17.8 Å². The lowest BCUT2D eigenvalue weighted by atomic mass is 9.70. The number of hydrogen-bond acceptors (Lipinski definition) is 5. The van der Waals surface area contributed by atoms with Gasteiger partial charge in [-0.2, -0.15) is 0 Å². The van der Waals surface area contributed by atoms with Crippen LogP contribution in [-0.2, 0) is 14.4 Å². The Morgan fingerprint density at radius 1 is 1.38 bits per heavy atom. The van der Waals surface area contributed by atoms with Gasteiger partial charge >= 0.3 is 0 Å². The van der Waals surface area contributed by atoms with Crippen molar-refractivity contribution in [3.05, 3.63) is 0 Å². The first-order chi connectivity index (χ1) is 13.7. The summed E-state index contributed by atoms with van der Waals surface area (Å²) in [7, 11) is 1.59. The van der Waals surface area contributed by atoms with Crippen LogP contribution in [0.5, 0.6) is 0 Å². The van der Waals surface area contributed by atoms with Gasteiger partial charge in [-0.05, 0) is 18.8 Å². The van der Waals surface area contributed by atoms with Gasteiger partial charge < -0.3 is 20.6 Å². The summed E-state index contributed by atoms with van der Waals surface area (Å²) >= 11 is 5.34. The third-order valence-electron chi connectivity index (χ3n) is 6.67. The highest BCUT2D eigenvalue weighted by molar-refractivity contribution is 9.09. The second-order valence-electron chi connectivity index (χ2n) is 8.66. The Hall–Kier alpha value is -0.800. The molecule has 0 radical (unpaired) electrons. The summed E-state index contributed by atoms with van der Waals surface area (Å²) in [6.45, 7) is 6.30. The van der Waals surface area contributed by atoms with E-state index < -0.39 is 28.7 Å². The highest BCUT2D eigenvalue weighted by atomic mass is 79.9. The van der Waals surface area contributed by atoms with Crippen LogP contribution in [-0.4, -0.2) is 74.8 Å². The molecule has 3 unspecified atom stereocenters. The number of nitrogens with zero attached hydrogens (tertiary/aromatic N) is 1. The second kappa shape index (κ2) is 8.75. The Kier molecular flexibility index (Phi) is 6.90. The molecule has 3 N–H and O–H groups in total. The zero-order chi connectivity index (χ0) is 21.5. The average molecular weight is 490 g/mol. The Labute approximate surface area is 185 Å². The topological polar surface area (TPSA) is 98.7 Å². The summed E-state index contributed by atoms with van der Waals surface area (Å²) in [5.74, 6) is -1.51. The molecule has 3 aliphatic heterocycles. The van der Waals surface area contributed by atoms with Gasteiger partial charge in [-0.3, -0.25) is 14.4 Å². The number of thioether (sulfide) groups is 1. The van der Waals surface area contributed by atoms with Crippen molar-refractivity contribution < 1.29 is 19.5 Å². The maximum atomic E-state index is 13.7. The molecule has 9 heteroatoms. The molecule has 0 aliphatic carbocycles. The summed E-state index contributed by atoms with van der Waals surface area (Å²) in [6, 6.07) is -1.13. The first kappa shape index (κ1) is 22.9. The molecule has 3 saturated heterocycles. The van der Waals surface area contributed by atoms with Crippen molar-refractivity contribution in [2.45, 2.75) is 66.9 Å². The fraction of sp³-hybridized carbons (Fsp3) is 0.850. The molecular formula is C20H32BrN3O4S. The van der Waals surface area contributed by atoms with Gasteiger partial charge in [0.15, 0.2) is 0 Å². The quantitative estimate of drug-likeness (QED) is 0.350. The third-order valence-corrected chi connectivity index (χ3v) is 9.89. The van der Waals surface area contributed by atoms with E-state index in [0.29, 0.717) is 13.0 Å². The van der Waals surface area contributed by atoms with E-state index >= 15 is 0 Å². The van der Waals surface area contributed by atoms with Crippen LogP contribution in [0, 0.1) is 17.8 Å². The number of amides is 3. The second-order valence-corrected chi connectivity index (χ2v) is 11.4. The summed E-state index contributed by atoms with van der Waals surface area (Å²) in [4.78, 5) is 41.5. The highest BCUT2D eigenvalue weighted by Crippen LogP contribution is 2.68. The number of fused-ring (bicyclic) bond motifs is 1. The van der Waals surface area contributed by atoms with Crippen LogP contribution in [0.3, 0.4) is 0 Å². The fourth-order valence-corrected chi connectivity index (χ4v) is 8.90. The lowest BCUT2D eigenvalue weighted by Gasteiger charge is -2.38. The fourth-order valence-electron chi connectivity index (χ4n) is 5.30. The molecule has 0 aromatic rings. The molecular weight excluding hydrogens is 458 g/mol. The first-order valence-electron chi connectivity index (χ1n) is 10.5. The molecule has 7 atom stereocenters. The zero-order valence-electron chi connectivity index (χ0n) is 17.5. The van der Waals surface area contributed by atoms with E-state index in [2.05, 4.69) is 33.5 Å². The molecule has 1 spiro atoms. The van der Waals surface area contributed by atoms with Crippen LogP contribution >= 0.6 is 27.7 Å². The number of alkyl halides is 1. The van der Waals surface area contributed by atoms with Gasteiger partial charge in [-0.15, -0.1) is 11.8 Å². The van der Waals surface area contributed by atoms with E-state index in [9.17, 15) is 19.5 Å². The van der Waals surface area contributed by atoms with Crippen molar-refractivity contribution in [2.75, 3.05) is 20.2 Å². The zero-order valence-corrected chi connectivity index (χ0v) is 19.9. The molecule has 3 amide bonds. The average Bonchev–Trinajstić information content (AvgIpc) is 3.26. The van der Waals surface area contributed by atoms with Crippen LogP contribution in [0.15, 0.2) is 0 Å². The molecule has 7 nitrogen and oxygen atoms in total. The molecule has 164 valence electrons. The van der Waals surface area contributed by atoms with Gasteiger partial charge in [-0.1, -0.05) is 43.1 Å². The lowest BCUT2D eigenvalue weighted by molar-refractivity contribution is -0.143. The van der Waals surface area contributed by atoms with Crippen molar-refractivity contribution in [3.63, 3.8) is 0 Å². The number of hydrogen-bond donors (Lipinski definition) is 3. The van der Waals surface area contributed by atoms with Crippen molar-refractivity contribution >= 4 is 45.4 Å². The van der Waals surface area contributed by atoms with Gasteiger partial charge in [0, 0.05) is 23.7 Å². The molecule has 0 aromatic heterocycles. The Balaban J connectivity index is 2.05. The van der Waals surface area contributed by atoms with E-state index in [1.54, 1.807) is 23.7 Å². The summed E-state index contributed by atoms with van der Waals surface area (Å²) < 4.78 is -0.647. The number of nitrogens with one attached hydrogen (secondary N) is 2. The summed E-state index contributed by atoms with van der Waals surface area (Å²) in [5, 5.41) is 15.8. The minimum atomic E-state index is -0.680. The van der Waals surface area contributed by atoms with Crippen molar-refractivity contribution in [1.82, 2.24) is 15.5 Å². The van der Waals surface area contributed by atoms with Gasteiger partial charge in [-0.25, -0.2) is 0 Å². The van der Waals surface area contributed by atoms with E-state index in [-0.39, 0.29) is 40.3 Å². The van der Waals surface area contributed by atoms with Crippen LogP contribution in [0.1, 0.15) is 40.0 Å². The standard InChI is InChI=1S/C20H32BrN3O4S/c1-5-6-7-23-18(27)16-20-8-11(21)15(29-20)13(17(26)22-4)14(20)19(28)24(16)12(9-25)10(2)3/h10-16,25H,5-9H2,1-4H3,(H,22,26)(H,23,27)/t11?,12-,13+,14-,15+,16?,20?/m0/s1. The number of aliphatic hydroxyl groups excluding tert-OH is 1. The highest BCUT2D eigenvalue weighted by Gasteiger charge is 2.76. The number of rotatable bonds is 8. The van der Waals surface area contributed by atoms with Crippen LogP contribution in [0.2, 0.25) is 0 Å².